The molecule has 3 rings (SSSR count). The molecule has 0 amide bonds. The highest BCUT2D eigenvalue weighted by Crippen LogP contribution is 2.38. The maximum absolute atomic E-state index is 12.8. The monoisotopic (exact) mass is 284 g/mol. The second-order valence-corrected chi connectivity index (χ2v) is 7.47. The molecule has 0 atom stereocenters. The van der Waals surface area contributed by atoms with Crippen molar-refractivity contribution in [2.45, 2.75) is 64.7 Å². The summed E-state index contributed by atoms with van der Waals surface area (Å²) in [4.78, 5) is 12.8. The van der Waals surface area contributed by atoms with Crippen molar-refractivity contribution in [3.63, 3.8) is 0 Å². The highest BCUT2D eigenvalue weighted by atomic mass is 16.1. The quantitative estimate of drug-likeness (QED) is 0.658. The van der Waals surface area contributed by atoms with Crippen molar-refractivity contribution in [3.05, 3.63) is 35.4 Å². The second kappa shape index (κ2) is 6.34. The molecule has 114 valence electrons. The first-order chi connectivity index (χ1) is 10.1. The van der Waals surface area contributed by atoms with E-state index in [0.717, 1.165) is 36.2 Å². The minimum atomic E-state index is 0.275. The molecule has 1 aromatic rings. The molecule has 0 bridgehead atoms. The maximum atomic E-state index is 12.8. The third-order valence-electron chi connectivity index (χ3n) is 5.83. The van der Waals surface area contributed by atoms with Crippen molar-refractivity contribution >= 4 is 5.78 Å². The highest BCUT2D eigenvalue weighted by Gasteiger charge is 2.28. The molecule has 2 fully saturated rings. The smallest absolute Gasteiger partial charge is 0.165 e. The van der Waals surface area contributed by atoms with Gasteiger partial charge >= 0.3 is 0 Å². The highest BCUT2D eigenvalue weighted by molar-refractivity contribution is 5.98. The molecular weight excluding hydrogens is 256 g/mol. The van der Waals surface area contributed by atoms with Crippen LogP contribution in [-0.4, -0.2) is 5.78 Å². The van der Waals surface area contributed by atoms with Gasteiger partial charge in [-0.25, -0.2) is 0 Å². The number of hydrogen-bond donors (Lipinski definition) is 0. The Bertz CT molecular complexity index is 490. The van der Waals surface area contributed by atoms with Gasteiger partial charge in [-0.3, -0.25) is 4.79 Å². The van der Waals surface area contributed by atoms with Crippen LogP contribution >= 0.6 is 0 Å². The molecule has 0 N–H and O–H groups in total. The molecular formula is C20H28O. The molecule has 0 saturated heterocycles. The molecule has 2 aliphatic rings. The zero-order valence-electron chi connectivity index (χ0n) is 13.5. The van der Waals surface area contributed by atoms with Crippen LogP contribution in [0, 0.1) is 17.8 Å². The summed E-state index contributed by atoms with van der Waals surface area (Å²) >= 11 is 0. The van der Waals surface area contributed by atoms with E-state index in [1.54, 1.807) is 0 Å². The molecule has 1 heteroatoms. The maximum Gasteiger partial charge on any atom is 0.165 e. The first kappa shape index (κ1) is 14.8. The van der Waals surface area contributed by atoms with Crippen molar-refractivity contribution in [1.82, 2.24) is 0 Å². The van der Waals surface area contributed by atoms with Gasteiger partial charge in [0.2, 0.25) is 0 Å². The van der Waals surface area contributed by atoms with E-state index in [2.05, 4.69) is 32.0 Å². The molecule has 0 aliphatic heterocycles. The Morgan fingerprint density at radius 2 is 1.76 bits per heavy atom. The van der Waals surface area contributed by atoms with E-state index in [4.69, 9.17) is 0 Å². The van der Waals surface area contributed by atoms with Crippen LogP contribution in [0.3, 0.4) is 0 Å². The number of hydrogen-bond acceptors (Lipinski definition) is 1. The average molecular weight is 284 g/mol. The van der Waals surface area contributed by atoms with Crippen molar-refractivity contribution in [3.8, 4) is 0 Å². The van der Waals surface area contributed by atoms with Crippen LogP contribution in [0.2, 0.25) is 0 Å². The van der Waals surface area contributed by atoms with Crippen LogP contribution in [0.1, 0.15) is 80.6 Å². The standard InChI is InChI=1S/C20H28O/c1-14(2)15-9-11-17(12-10-15)20(21)19-8-4-7-18(13-19)16-5-3-6-16/h4,7-8,13-17H,3,5-6,9-12H2,1-2H3. The van der Waals surface area contributed by atoms with E-state index in [0.29, 0.717) is 5.78 Å². The van der Waals surface area contributed by atoms with Crippen molar-refractivity contribution in [2.75, 3.05) is 0 Å². The van der Waals surface area contributed by atoms with Crippen LogP contribution in [0.5, 0.6) is 0 Å². The summed E-state index contributed by atoms with van der Waals surface area (Å²) in [6, 6.07) is 8.50. The summed E-state index contributed by atoms with van der Waals surface area (Å²) in [6.07, 6.45) is 8.60. The average Bonchev–Trinajstić information content (AvgIpc) is 2.45. The summed E-state index contributed by atoms with van der Waals surface area (Å²) in [7, 11) is 0. The van der Waals surface area contributed by atoms with E-state index < -0.39 is 0 Å². The number of carbonyl (C=O) groups is 1. The van der Waals surface area contributed by atoms with Gasteiger partial charge < -0.3 is 0 Å². The Morgan fingerprint density at radius 1 is 1.05 bits per heavy atom. The Hall–Kier alpha value is -1.11. The Labute approximate surface area is 129 Å². The van der Waals surface area contributed by atoms with Crippen LogP contribution < -0.4 is 0 Å². The topological polar surface area (TPSA) is 17.1 Å². The Kier molecular flexibility index (Phi) is 4.47. The minimum Gasteiger partial charge on any atom is -0.294 e. The van der Waals surface area contributed by atoms with E-state index in [9.17, 15) is 4.79 Å². The van der Waals surface area contributed by atoms with Gasteiger partial charge in [-0.2, -0.15) is 0 Å². The predicted molar refractivity (Wildman–Crippen MR) is 87.7 cm³/mol. The largest absolute Gasteiger partial charge is 0.294 e. The van der Waals surface area contributed by atoms with Crippen LogP contribution in [0.4, 0.5) is 0 Å². The van der Waals surface area contributed by atoms with Gasteiger partial charge in [0, 0.05) is 11.5 Å². The lowest BCUT2D eigenvalue weighted by atomic mass is 9.74. The van der Waals surface area contributed by atoms with Crippen molar-refractivity contribution in [1.29, 1.82) is 0 Å². The zero-order chi connectivity index (χ0) is 14.8. The van der Waals surface area contributed by atoms with Gasteiger partial charge in [-0.1, -0.05) is 38.5 Å². The molecule has 0 heterocycles. The molecule has 0 spiro atoms. The normalized spacial score (nSPS) is 26.6. The van der Waals surface area contributed by atoms with Gasteiger partial charge in [-0.05, 0) is 67.9 Å². The molecule has 0 radical (unpaired) electrons. The number of carbonyl (C=O) groups excluding carboxylic acids is 1. The van der Waals surface area contributed by atoms with E-state index in [-0.39, 0.29) is 5.92 Å². The number of Topliss-reactive ketones (excluding diaryl/α,β-unsaturated/α-hetero) is 1. The number of ketones is 1. The van der Waals surface area contributed by atoms with Gasteiger partial charge in [0.25, 0.3) is 0 Å². The van der Waals surface area contributed by atoms with Gasteiger partial charge in [0.05, 0.1) is 0 Å². The van der Waals surface area contributed by atoms with Crippen LogP contribution in [0.25, 0.3) is 0 Å². The summed E-state index contributed by atoms with van der Waals surface area (Å²) in [5.41, 5.74) is 2.36. The van der Waals surface area contributed by atoms with Gasteiger partial charge in [0.15, 0.2) is 5.78 Å². The summed E-state index contributed by atoms with van der Waals surface area (Å²) < 4.78 is 0. The molecule has 1 aromatic carbocycles. The molecule has 0 unspecified atom stereocenters. The lowest BCUT2D eigenvalue weighted by Gasteiger charge is -2.30. The van der Waals surface area contributed by atoms with Crippen molar-refractivity contribution in [2.24, 2.45) is 17.8 Å². The summed E-state index contributed by atoms with van der Waals surface area (Å²) in [6.45, 7) is 4.63. The second-order valence-electron chi connectivity index (χ2n) is 7.47. The Morgan fingerprint density at radius 3 is 2.33 bits per heavy atom. The predicted octanol–water partition coefficient (Wildman–Crippen LogP) is 5.60. The first-order valence-electron chi connectivity index (χ1n) is 8.79. The molecule has 0 aromatic heterocycles. The molecule has 1 nitrogen and oxygen atoms in total. The fourth-order valence-electron chi connectivity index (χ4n) is 3.97. The Balaban J connectivity index is 1.65. The van der Waals surface area contributed by atoms with Crippen LogP contribution in [-0.2, 0) is 0 Å². The summed E-state index contributed by atoms with van der Waals surface area (Å²) in [5.74, 6) is 2.99. The molecule has 21 heavy (non-hydrogen) atoms. The number of rotatable bonds is 4. The SMILES string of the molecule is CC(C)C1CCC(C(=O)c2cccc(C3CCC3)c2)CC1. The third kappa shape index (κ3) is 3.22. The fourth-order valence-corrected chi connectivity index (χ4v) is 3.97. The number of benzene rings is 1. The van der Waals surface area contributed by atoms with E-state index in [1.165, 1.54) is 37.7 Å². The minimum absolute atomic E-state index is 0.275. The first-order valence-corrected chi connectivity index (χ1v) is 8.79. The van der Waals surface area contributed by atoms with Crippen molar-refractivity contribution < 1.29 is 4.79 Å². The lowest BCUT2D eigenvalue weighted by Crippen LogP contribution is -2.24. The van der Waals surface area contributed by atoms with Gasteiger partial charge in [-0.15, -0.1) is 0 Å². The molecule has 2 saturated carbocycles. The van der Waals surface area contributed by atoms with Crippen LogP contribution in [0.15, 0.2) is 24.3 Å². The van der Waals surface area contributed by atoms with E-state index >= 15 is 0 Å². The molecule has 2 aliphatic carbocycles. The summed E-state index contributed by atoms with van der Waals surface area (Å²) in [5, 5.41) is 0. The fraction of sp³-hybridized carbons (Fsp3) is 0.650. The zero-order valence-corrected chi connectivity index (χ0v) is 13.5. The lowest BCUT2D eigenvalue weighted by molar-refractivity contribution is 0.0859. The van der Waals surface area contributed by atoms with Gasteiger partial charge in [0.1, 0.15) is 0 Å². The third-order valence-corrected chi connectivity index (χ3v) is 5.83. The van der Waals surface area contributed by atoms with E-state index in [1.807, 2.05) is 6.07 Å².